The van der Waals surface area contributed by atoms with Gasteiger partial charge in [0.2, 0.25) is 5.91 Å². The van der Waals surface area contributed by atoms with E-state index in [-0.39, 0.29) is 23.5 Å². The lowest BCUT2D eigenvalue weighted by Crippen LogP contribution is -2.51. The number of para-hydroxylation sites is 1. The minimum atomic E-state index is -0.110. The maximum Gasteiger partial charge on any atom is 0.410 e. The van der Waals surface area contributed by atoms with E-state index in [4.69, 9.17) is 9.47 Å². The van der Waals surface area contributed by atoms with E-state index < -0.39 is 0 Å². The number of nitrogens with zero attached hydrogens (tertiary/aromatic N) is 3. The van der Waals surface area contributed by atoms with Crippen molar-refractivity contribution in [3.05, 3.63) is 29.8 Å². The van der Waals surface area contributed by atoms with Crippen molar-refractivity contribution >= 4 is 17.7 Å². The van der Waals surface area contributed by atoms with Crippen molar-refractivity contribution in [2.24, 2.45) is 0 Å². The average molecular weight is 482 g/mol. The summed E-state index contributed by atoms with van der Waals surface area (Å²) in [5.74, 6) is 0.149. The summed E-state index contributed by atoms with van der Waals surface area (Å²) in [4.78, 5) is 32.1. The summed E-state index contributed by atoms with van der Waals surface area (Å²) in [5.41, 5.74) is 2.59. The maximum absolute atomic E-state index is 13.0. The van der Waals surface area contributed by atoms with Crippen molar-refractivity contribution < 1.29 is 19.1 Å². The molecule has 190 valence electrons. The van der Waals surface area contributed by atoms with Crippen LogP contribution in [0, 0.1) is 0 Å². The molecule has 5 heterocycles. The van der Waals surface area contributed by atoms with Crippen molar-refractivity contribution in [3.8, 4) is 0 Å². The van der Waals surface area contributed by atoms with Crippen molar-refractivity contribution in [2.45, 2.75) is 94.4 Å². The Morgan fingerprint density at radius 1 is 0.943 bits per heavy atom. The monoisotopic (exact) mass is 481 g/mol. The van der Waals surface area contributed by atoms with Gasteiger partial charge >= 0.3 is 6.09 Å². The van der Waals surface area contributed by atoms with Crippen molar-refractivity contribution in [3.63, 3.8) is 0 Å². The second-order valence-corrected chi connectivity index (χ2v) is 11.4. The van der Waals surface area contributed by atoms with Crippen LogP contribution in [0.25, 0.3) is 0 Å². The third-order valence-electron chi connectivity index (χ3n) is 9.53. The number of ether oxygens (including phenoxy) is 2. The highest BCUT2D eigenvalue weighted by Gasteiger charge is 2.47. The first kappa shape index (κ1) is 23.3. The van der Waals surface area contributed by atoms with Crippen LogP contribution in [-0.4, -0.2) is 78.9 Å². The molecule has 2 bridgehead atoms. The van der Waals surface area contributed by atoms with E-state index in [2.05, 4.69) is 28.0 Å². The van der Waals surface area contributed by atoms with Crippen LogP contribution < -0.4 is 4.90 Å². The molecule has 6 rings (SSSR count). The zero-order chi connectivity index (χ0) is 24.0. The van der Waals surface area contributed by atoms with Gasteiger partial charge in [-0.25, -0.2) is 4.79 Å². The molecule has 0 aromatic heterocycles. The Balaban J connectivity index is 1.08. The molecule has 0 radical (unpaired) electrons. The summed E-state index contributed by atoms with van der Waals surface area (Å²) >= 11 is 0. The Hall–Kier alpha value is -2.12. The first-order valence-corrected chi connectivity index (χ1v) is 13.7. The summed E-state index contributed by atoms with van der Waals surface area (Å²) in [6, 6.07) is 9.76. The third-order valence-corrected chi connectivity index (χ3v) is 9.53. The fourth-order valence-electron chi connectivity index (χ4n) is 7.57. The number of fused-ring (bicyclic) bond motifs is 4. The van der Waals surface area contributed by atoms with Crippen molar-refractivity contribution in [2.75, 3.05) is 37.7 Å². The predicted octanol–water partition coefficient (Wildman–Crippen LogP) is 4.09. The molecule has 0 saturated carbocycles. The highest BCUT2D eigenvalue weighted by Crippen LogP contribution is 2.47. The van der Waals surface area contributed by atoms with Gasteiger partial charge in [0.05, 0.1) is 13.2 Å². The van der Waals surface area contributed by atoms with E-state index >= 15 is 0 Å². The van der Waals surface area contributed by atoms with E-state index in [0.717, 1.165) is 83.1 Å². The van der Waals surface area contributed by atoms with Crippen LogP contribution in [0.3, 0.4) is 0 Å². The van der Waals surface area contributed by atoms with Gasteiger partial charge < -0.3 is 24.2 Å². The zero-order valence-electron chi connectivity index (χ0n) is 21.0. The Morgan fingerprint density at radius 3 is 2.23 bits per heavy atom. The quantitative estimate of drug-likeness (QED) is 0.637. The second kappa shape index (κ2) is 9.40. The molecule has 7 nitrogen and oxygen atoms in total. The van der Waals surface area contributed by atoms with Gasteiger partial charge in [-0.3, -0.25) is 4.79 Å². The number of hydrogen-bond donors (Lipinski definition) is 0. The lowest BCUT2D eigenvalue weighted by Gasteiger charge is -2.44. The molecule has 0 aliphatic carbocycles. The van der Waals surface area contributed by atoms with E-state index in [0.29, 0.717) is 31.3 Å². The Labute approximate surface area is 208 Å². The fourth-order valence-corrected chi connectivity index (χ4v) is 7.57. The summed E-state index contributed by atoms with van der Waals surface area (Å²) in [6.07, 6.45) is 9.51. The van der Waals surface area contributed by atoms with Gasteiger partial charge in [-0.1, -0.05) is 18.2 Å². The summed E-state index contributed by atoms with van der Waals surface area (Å²) < 4.78 is 11.2. The van der Waals surface area contributed by atoms with Gasteiger partial charge in [0.1, 0.15) is 6.10 Å². The summed E-state index contributed by atoms with van der Waals surface area (Å²) in [5, 5.41) is 0. The van der Waals surface area contributed by atoms with Gasteiger partial charge in [-0.15, -0.1) is 0 Å². The number of benzene rings is 1. The van der Waals surface area contributed by atoms with E-state index in [9.17, 15) is 9.59 Å². The molecule has 3 atom stereocenters. The van der Waals surface area contributed by atoms with Crippen molar-refractivity contribution in [1.82, 2.24) is 9.80 Å². The van der Waals surface area contributed by atoms with E-state index in [1.165, 1.54) is 5.56 Å². The van der Waals surface area contributed by atoms with Gasteiger partial charge in [0, 0.05) is 49.1 Å². The number of carbonyl (C=O) groups is 2. The molecule has 1 aromatic rings. The second-order valence-electron chi connectivity index (χ2n) is 11.4. The third kappa shape index (κ3) is 4.25. The number of likely N-dealkylation sites (tertiary alicyclic amines) is 1. The van der Waals surface area contributed by atoms with Gasteiger partial charge in [-0.05, 0) is 76.1 Å². The fraction of sp³-hybridized carbons (Fsp3) is 0.714. The van der Waals surface area contributed by atoms with Crippen LogP contribution in [0.5, 0.6) is 0 Å². The zero-order valence-corrected chi connectivity index (χ0v) is 21.0. The molecule has 0 N–H and O–H groups in total. The molecule has 1 aromatic carbocycles. The highest BCUT2D eigenvalue weighted by molar-refractivity contribution is 5.94. The molecule has 5 aliphatic rings. The van der Waals surface area contributed by atoms with Gasteiger partial charge in [0.25, 0.3) is 0 Å². The predicted molar refractivity (Wildman–Crippen MR) is 134 cm³/mol. The molecule has 35 heavy (non-hydrogen) atoms. The van der Waals surface area contributed by atoms with Gasteiger partial charge in [0.15, 0.2) is 0 Å². The molecular formula is C28H39N3O4. The van der Waals surface area contributed by atoms with Crippen LogP contribution in [-0.2, 0) is 19.7 Å². The molecule has 2 unspecified atom stereocenters. The van der Waals surface area contributed by atoms with E-state index in [1.807, 2.05) is 11.0 Å². The lowest BCUT2D eigenvalue weighted by molar-refractivity contribution is -0.116. The maximum atomic E-state index is 13.0. The molecule has 7 heteroatoms. The van der Waals surface area contributed by atoms with Crippen LogP contribution >= 0.6 is 0 Å². The number of amides is 2. The van der Waals surface area contributed by atoms with Crippen LogP contribution in [0.2, 0.25) is 0 Å². The highest BCUT2D eigenvalue weighted by atomic mass is 16.6. The molecule has 4 saturated heterocycles. The largest absolute Gasteiger partial charge is 0.444 e. The van der Waals surface area contributed by atoms with E-state index in [1.54, 1.807) is 6.92 Å². The summed E-state index contributed by atoms with van der Waals surface area (Å²) in [6.45, 7) is 5.94. The van der Waals surface area contributed by atoms with Crippen LogP contribution in [0.1, 0.15) is 70.3 Å². The first-order valence-electron chi connectivity index (χ1n) is 13.7. The number of carbonyl (C=O) groups excluding carboxylic acids is 2. The van der Waals surface area contributed by atoms with Gasteiger partial charge in [-0.2, -0.15) is 0 Å². The molecule has 5 aliphatic heterocycles. The minimum absolute atomic E-state index is 0.0691. The van der Waals surface area contributed by atoms with Crippen LogP contribution in [0.4, 0.5) is 10.5 Å². The Morgan fingerprint density at radius 2 is 1.60 bits per heavy atom. The number of piperidine rings is 1. The molecule has 1 spiro atoms. The Bertz CT molecular complexity index is 937. The topological polar surface area (TPSA) is 62.3 Å². The SMILES string of the molecule is CC(=O)N1CC2(CCN(C3CCC4CCC(CC3)N4C(=O)O[C@@H]3CCOC3)CC2)c2ccccc21. The average Bonchev–Trinajstić information content (AvgIpc) is 3.58. The standard InChI is InChI=1S/C28H39N3O4/c1-20(32)30-19-28(25-4-2-3-5-26(25)30)13-15-29(16-14-28)21-6-8-22-10-11-23(9-7-21)31(22)27(33)35-24-12-17-34-18-24/h2-5,21-24H,6-19H2,1H3/t21?,22?,23?,24-/m1/s1. The molecule has 2 amide bonds. The molecular weight excluding hydrogens is 442 g/mol. The number of hydrogen-bond acceptors (Lipinski definition) is 5. The smallest absolute Gasteiger partial charge is 0.410 e. The molecule has 4 fully saturated rings. The van der Waals surface area contributed by atoms with Crippen molar-refractivity contribution in [1.29, 1.82) is 0 Å². The number of anilines is 1. The number of rotatable bonds is 2. The first-order chi connectivity index (χ1) is 17.0. The lowest BCUT2D eigenvalue weighted by atomic mass is 9.74. The summed E-state index contributed by atoms with van der Waals surface area (Å²) in [7, 11) is 0. The van der Waals surface area contributed by atoms with Crippen LogP contribution in [0.15, 0.2) is 24.3 Å². The Kier molecular flexibility index (Phi) is 6.25. The normalized spacial score (nSPS) is 32.4. The minimum Gasteiger partial charge on any atom is -0.444 e.